The number of esters is 1. The van der Waals surface area contributed by atoms with Gasteiger partial charge in [-0.2, -0.15) is 0 Å². The van der Waals surface area contributed by atoms with E-state index in [0.717, 1.165) is 0 Å². The number of pyridine rings is 1. The Morgan fingerprint density at radius 3 is 2.50 bits per heavy atom. The summed E-state index contributed by atoms with van der Waals surface area (Å²) in [7, 11) is -2.45. The molecule has 2 heterocycles. The van der Waals surface area contributed by atoms with E-state index < -0.39 is 16.0 Å². The maximum Gasteiger partial charge on any atom is 0.337 e. The van der Waals surface area contributed by atoms with Crippen molar-refractivity contribution in [3.05, 3.63) is 72.1 Å². The third kappa shape index (κ3) is 3.98. The maximum absolute atomic E-state index is 12.3. The highest BCUT2D eigenvalue weighted by Crippen LogP contribution is 2.17. The summed E-state index contributed by atoms with van der Waals surface area (Å²) >= 11 is 0. The van der Waals surface area contributed by atoms with E-state index in [0.29, 0.717) is 17.0 Å². The second kappa shape index (κ2) is 7.51. The number of methoxy groups -OCH3 is 1. The van der Waals surface area contributed by atoms with Crippen LogP contribution in [0.15, 0.2) is 70.3 Å². The van der Waals surface area contributed by atoms with Crippen molar-refractivity contribution >= 4 is 16.0 Å². The maximum atomic E-state index is 12.3. The minimum absolute atomic E-state index is 0.0605. The quantitative estimate of drug-likeness (QED) is 0.668. The first kappa shape index (κ1) is 17.8. The number of sulfonamides is 1. The van der Waals surface area contributed by atoms with Crippen molar-refractivity contribution in [2.24, 2.45) is 0 Å². The fourth-order valence-electron chi connectivity index (χ4n) is 2.25. The van der Waals surface area contributed by atoms with E-state index in [1.807, 2.05) is 0 Å². The molecule has 2 aromatic heterocycles. The van der Waals surface area contributed by atoms with Crippen LogP contribution in [0.1, 0.15) is 15.9 Å². The summed E-state index contributed by atoms with van der Waals surface area (Å²) < 4.78 is 37.0. The Hall–Kier alpha value is -2.97. The standard InChI is InChI=1S/C18H16N2O5S/c1-24-18(21)14-5-7-15(8-6-14)26(22,23)20-12-13-4-9-16(19-11-13)17-3-2-10-25-17/h2-11,20H,12H2,1H3. The van der Waals surface area contributed by atoms with Crippen LogP contribution in [0.2, 0.25) is 0 Å². The molecule has 0 fully saturated rings. The average Bonchev–Trinajstić information content (AvgIpc) is 3.21. The van der Waals surface area contributed by atoms with E-state index in [2.05, 4.69) is 14.4 Å². The zero-order valence-corrected chi connectivity index (χ0v) is 14.7. The lowest BCUT2D eigenvalue weighted by molar-refractivity contribution is 0.0600. The molecule has 3 rings (SSSR count). The Morgan fingerprint density at radius 1 is 1.15 bits per heavy atom. The van der Waals surface area contributed by atoms with Crippen LogP contribution in [0.25, 0.3) is 11.5 Å². The van der Waals surface area contributed by atoms with Crippen LogP contribution in [0.4, 0.5) is 0 Å². The summed E-state index contributed by atoms with van der Waals surface area (Å²) in [5.74, 6) is 0.118. The lowest BCUT2D eigenvalue weighted by Crippen LogP contribution is -2.23. The van der Waals surface area contributed by atoms with E-state index >= 15 is 0 Å². The van der Waals surface area contributed by atoms with Gasteiger partial charge >= 0.3 is 5.97 Å². The van der Waals surface area contributed by atoms with E-state index in [1.54, 1.807) is 36.7 Å². The van der Waals surface area contributed by atoms with Crippen molar-refractivity contribution in [1.29, 1.82) is 0 Å². The third-order valence-corrected chi connectivity index (χ3v) is 5.07. The van der Waals surface area contributed by atoms with Gasteiger partial charge in [-0.1, -0.05) is 6.07 Å². The molecule has 0 bridgehead atoms. The summed E-state index contributed by atoms with van der Waals surface area (Å²) in [5, 5.41) is 0. The number of carbonyl (C=O) groups excluding carboxylic acids is 1. The molecule has 8 heteroatoms. The highest BCUT2D eigenvalue weighted by atomic mass is 32.2. The minimum Gasteiger partial charge on any atom is -0.465 e. The van der Waals surface area contributed by atoms with Gasteiger partial charge in [0.05, 0.1) is 23.8 Å². The Balaban J connectivity index is 1.67. The zero-order chi connectivity index (χ0) is 18.6. The summed E-state index contributed by atoms with van der Waals surface area (Å²) in [5.41, 5.74) is 1.65. The molecule has 0 aliphatic rings. The lowest BCUT2D eigenvalue weighted by Gasteiger charge is -2.08. The fraction of sp³-hybridized carbons (Fsp3) is 0.111. The van der Waals surface area contributed by atoms with Gasteiger partial charge in [-0.3, -0.25) is 4.98 Å². The van der Waals surface area contributed by atoms with Crippen LogP contribution in [-0.4, -0.2) is 26.5 Å². The number of hydrogen-bond donors (Lipinski definition) is 1. The molecule has 0 amide bonds. The minimum atomic E-state index is -3.71. The molecule has 3 aromatic rings. The molecule has 26 heavy (non-hydrogen) atoms. The van der Waals surface area contributed by atoms with Crippen LogP contribution in [0, 0.1) is 0 Å². The van der Waals surface area contributed by atoms with E-state index in [9.17, 15) is 13.2 Å². The summed E-state index contributed by atoms with van der Waals surface area (Å²) in [4.78, 5) is 15.7. The van der Waals surface area contributed by atoms with Crippen molar-refractivity contribution in [3.8, 4) is 11.5 Å². The normalized spacial score (nSPS) is 11.3. The largest absolute Gasteiger partial charge is 0.465 e. The van der Waals surface area contributed by atoms with Crippen molar-refractivity contribution in [3.63, 3.8) is 0 Å². The topological polar surface area (TPSA) is 98.5 Å². The summed E-state index contributed by atoms with van der Waals surface area (Å²) in [6, 6.07) is 12.6. The van der Waals surface area contributed by atoms with Crippen LogP contribution >= 0.6 is 0 Å². The molecule has 134 valence electrons. The Morgan fingerprint density at radius 2 is 1.92 bits per heavy atom. The Labute approximate surface area is 150 Å². The summed E-state index contributed by atoms with van der Waals surface area (Å²) in [6.45, 7) is 0.0898. The third-order valence-electron chi connectivity index (χ3n) is 3.65. The smallest absolute Gasteiger partial charge is 0.337 e. The predicted molar refractivity (Wildman–Crippen MR) is 93.7 cm³/mol. The number of nitrogens with one attached hydrogen (secondary N) is 1. The SMILES string of the molecule is COC(=O)c1ccc(S(=O)(=O)NCc2ccc(-c3ccco3)nc2)cc1. The first-order valence-corrected chi connectivity index (χ1v) is 9.15. The number of nitrogens with zero attached hydrogens (tertiary/aromatic N) is 1. The number of hydrogen-bond acceptors (Lipinski definition) is 6. The number of benzene rings is 1. The van der Waals surface area contributed by atoms with Crippen molar-refractivity contribution in [2.75, 3.05) is 7.11 Å². The first-order valence-electron chi connectivity index (χ1n) is 7.66. The molecule has 0 aliphatic carbocycles. The molecule has 0 spiro atoms. The van der Waals surface area contributed by atoms with Gasteiger partial charge in [0, 0.05) is 12.7 Å². The first-order chi connectivity index (χ1) is 12.5. The molecule has 0 radical (unpaired) electrons. The van der Waals surface area contributed by atoms with E-state index in [4.69, 9.17) is 4.42 Å². The molecule has 1 N–H and O–H groups in total. The molecule has 0 atom stereocenters. The van der Waals surface area contributed by atoms with Crippen molar-refractivity contribution < 1.29 is 22.4 Å². The number of carbonyl (C=O) groups is 1. The van der Waals surface area contributed by atoms with Gasteiger partial charge < -0.3 is 9.15 Å². The molecular weight excluding hydrogens is 356 g/mol. The van der Waals surface area contributed by atoms with Crippen LogP contribution in [0.5, 0.6) is 0 Å². The average molecular weight is 372 g/mol. The Kier molecular flexibility index (Phi) is 5.15. The second-order valence-electron chi connectivity index (χ2n) is 5.37. The molecule has 7 nitrogen and oxygen atoms in total. The van der Waals surface area contributed by atoms with Gasteiger partial charge in [0.25, 0.3) is 0 Å². The highest BCUT2D eigenvalue weighted by Gasteiger charge is 2.15. The van der Waals surface area contributed by atoms with Crippen molar-refractivity contribution in [1.82, 2.24) is 9.71 Å². The molecular formula is C18H16N2O5S. The van der Waals surface area contributed by atoms with Gasteiger partial charge in [-0.15, -0.1) is 0 Å². The molecule has 1 aromatic carbocycles. The van der Waals surface area contributed by atoms with Gasteiger partial charge in [0.2, 0.25) is 10.0 Å². The predicted octanol–water partition coefficient (Wildman–Crippen LogP) is 2.61. The molecule has 0 saturated carbocycles. The summed E-state index contributed by atoms with van der Waals surface area (Å²) in [6.07, 6.45) is 3.14. The monoisotopic (exact) mass is 372 g/mol. The second-order valence-corrected chi connectivity index (χ2v) is 7.14. The molecule has 0 saturated heterocycles. The van der Waals surface area contributed by atoms with E-state index in [1.165, 1.54) is 31.4 Å². The van der Waals surface area contributed by atoms with Gasteiger partial charge in [-0.25, -0.2) is 17.9 Å². The lowest BCUT2D eigenvalue weighted by atomic mass is 10.2. The fourth-order valence-corrected chi connectivity index (χ4v) is 3.27. The number of ether oxygens (including phenoxy) is 1. The van der Waals surface area contributed by atoms with Crippen LogP contribution in [-0.2, 0) is 21.3 Å². The van der Waals surface area contributed by atoms with Crippen LogP contribution in [0.3, 0.4) is 0 Å². The van der Waals surface area contributed by atoms with Crippen LogP contribution < -0.4 is 4.72 Å². The Bertz CT molecular complexity index is 979. The van der Waals surface area contributed by atoms with Gasteiger partial charge in [-0.05, 0) is 48.0 Å². The molecule has 0 unspecified atom stereocenters. The van der Waals surface area contributed by atoms with E-state index in [-0.39, 0.29) is 17.0 Å². The number of rotatable bonds is 6. The number of furan rings is 1. The van der Waals surface area contributed by atoms with Gasteiger partial charge in [0.1, 0.15) is 5.69 Å². The number of aromatic nitrogens is 1. The molecule has 0 aliphatic heterocycles. The van der Waals surface area contributed by atoms with Gasteiger partial charge in [0.15, 0.2) is 5.76 Å². The zero-order valence-electron chi connectivity index (χ0n) is 13.9. The highest BCUT2D eigenvalue weighted by molar-refractivity contribution is 7.89. The van der Waals surface area contributed by atoms with Crippen molar-refractivity contribution in [2.45, 2.75) is 11.4 Å².